The molecular weight excluding hydrogens is 416 g/mol. The van der Waals surface area contributed by atoms with E-state index in [0.717, 1.165) is 5.56 Å². The molecular formula is C20H15ClN2O3S2. The number of hydrogen-bond acceptors (Lipinski definition) is 5. The van der Waals surface area contributed by atoms with Gasteiger partial charge >= 0.3 is 0 Å². The highest BCUT2D eigenvalue weighted by Gasteiger charge is 2.25. The van der Waals surface area contributed by atoms with Gasteiger partial charge in [0.05, 0.1) is 24.1 Å². The predicted molar refractivity (Wildman–Crippen MR) is 111 cm³/mol. The standard InChI is InChI=1S/C20H15ClN2O3S2/c1-2-26-13-7-8-15-14(9-13)16(18(24)22-15)17-19(25)23(20(27)28-17)10-11-3-5-12(21)6-4-11/h3-9,25H,2,10H2,1H3. The number of carbonyl (C=O) groups is 1. The largest absolute Gasteiger partial charge is 0.494 e. The van der Waals surface area contributed by atoms with Crippen molar-refractivity contribution in [3.63, 3.8) is 0 Å². The van der Waals surface area contributed by atoms with Crippen molar-refractivity contribution in [3.8, 4) is 11.6 Å². The van der Waals surface area contributed by atoms with Crippen LogP contribution in [0.1, 0.15) is 17.4 Å². The van der Waals surface area contributed by atoms with Crippen LogP contribution in [0.2, 0.25) is 5.02 Å². The van der Waals surface area contributed by atoms with Crippen molar-refractivity contribution in [2.24, 2.45) is 4.99 Å². The highest BCUT2D eigenvalue weighted by atomic mass is 35.5. The van der Waals surface area contributed by atoms with E-state index in [9.17, 15) is 9.90 Å². The molecule has 1 N–H and O–H groups in total. The van der Waals surface area contributed by atoms with Crippen LogP contribution in [0.3, 0.4) is 0 Å². The Balaban J connectivity index is 1.84. The number of rotatable bonds is 5. The van der Waals surface area contributed by atoms with Crippen molar-refractivity contribution < 1.29 is 14.6 Å². The van der Waals surface area contributed by atoms with E-state index in [0.29, 0.717) is 48.9 Å². The summed E-state index contributed by atoms with van der Waals surface area (Å²) in [5, 5.41) is 12.7. The molecule has 1 aliphatic heterocycles. The summed E-state index contributed by atoms with van der Waals surface area (Å²) in [5.74, 6) is 0.208. The van der Waals surface area contributed by atoms with Crippen molar-refractivity contribution in [1.29, 1.82) is 0 Å². The number of hydrogen-bond donors (Lipinski definition) is 1. The maximum atomic E-state index is 12.6. The van der Waals surface area contributed by atoms with Crippen LogP contribution in [-0.4, -0.2) is 22.2 Å². The molecule has 0 atom stereocenters. The Kier molecular flexibility index (Phi) is 5.05. The minimum atomic E-state index is -0.395. The first-order chi connectivity index (χ1) is 13.5. The number of carbonyl (C=O) groups excluding carboxylic acids is 1. The van der Waals surface area contributed by atoms with E-state index < -0.39 is 5.91 Å². The van der Waals surface area contributed by atoms with Crippen LogP contribution in [0.4, 0.5) is 0 Å². The molecule has 0 unspecified atom stereocenters. The first kappa shape index (κ1) is 18.9. The van der Waals surface area contributed by atoms with Crippen LogP contribution in [0.25, 0.3) is 5.57 Å². The van der Waals surface area contributed by atoms with Crippen LogP contribution in [0, 0.1) is 3.95 Å². The predicted octanol–water partition coefficient (Wildman–Crippen LogP) is 3.44. The molecule has 2 heterocycles. The Hall–Kier alpha value is -2.48. The molecule has 4 rings (SSSR count). The van der Waals surface area contributed by atoms with E-state index in [4.69, 9.17) is 28.6 Å². The number of halogens is 1. The van der Waals surface area contributed by atoms with Crippen molar-refractivity contribution in [2.75, 3.05) is 6.61 Å². The van der Waals surface area contributed by atoms with Crippen LogP contribution < -0.4 is 15.3 Å². The second-order valence-electron chi connectivity index (χ2n) is 6.14. The Bertz CT molecular complexity index is 1260. The van der Waals surface area contributed by atoms with Gasteiger partial charge in [-0.05, 0) is 55.0 Å². The van der Waals surface area contributed by atoms with E-state index in [1.54, 1.807) is 34.9 Å². The number of aromatic hydroxyl groups is 1. The smallest absolute Gasteiger partial charge is 0.279 e. The quantitative estimate of drug-likeness (QED) is 0.630. The molecule has 0 radical (unpaired) electrons. The summed E-state index contributed by atoms with van der Waals surface area (Å²) in [5.41, 5.74) is 1.28. The molecule has 0 aliphatic carbocycles. The van der Waals surface area contributed by atoms with E-state index in [1.165, 1.54) is 11.3 Å². The van der Waals surface area contributed by atoms with E-state index in [-0.39, 0.29) is 5.88 Å². The number of benzene rings is 2. The number of fused-ring (bicyclic) bond motifs is 1. The second-order valence-corrected chi connectivity index (χ2v) is 8.22. The Labute approximate surface area is 174 Å². The molecule has 1 amide bonds. The van der Waals surface area contributed by atoms with Crippen LogP contribution in [-0.2, 0) is 11.3 Å². The van der Waals surface area contributed by atoms with Gasteiger partial charge in [0, 0.05) is 10.2 Å². The van der Waals surface area contributed by atoms with Crippen LogP contribution in [0.5, 0.6) is 11.6 Å². The second kappa shape index (κ2) is 7.50. The number of thiazole rings is 1. The molecule has 5 nitrogen and oxygen atoms in total. The molecule has 8 heteroatoms. The van der Waals surface area contributed by atoms with Gasteiger partial charge in [-0.25, -0.2) is 4.99 Å². The molecule has 28 heavy (non-hydrogen) atoms. The maximum absolute atomic E-state index is 12.6. The molecule has 3 aromatic rings. The Morgan fingerprint density at radius 2 is 2.00 bits per heavy atom. The topological polar surface area (TPSA) is 63.8 Å². The number of ether oxygens (including phenoxy) is 1. The van der Waals surface area contributed by atoms with Gasteiger partial charge < -0.3 is 9.84 Å². The highest BCUT2D eigenvalue weighted by molar-refractivity contribution is 7.73. The summed E-state index contributed by atoms with van der Waals surface area (Å²) >= 11 is 12.6. The fourth-order valence-electron chi connectivity index (χ4n) is 3.04. The van der Waals surface area contributed by atoms with Gasteiger partial charge in [-0.15, -0.1) is 11.3 Å². The normalized spacial score (nSPS) is 12.8. The first-order valence-corrected chi connectivity index (χ1v) is 10.2. The van der Waals surface area contributed by atoms with Gasteiger partial charge in [-0.2, -0.15) is 0 Å². The summed E-state index contributed by atoms with van der Waals surface area (Å²) < 4.78 is 7.61. The average molecular weight is 431 g/mol. The lowest BCUT2D eigenvalue weighted by Gasteiger charge is -2.06. The first-order valence-electron chi connectivity index (χ1n) is 8.55. The molecule has 2 aromatic carbocycles. The average Bonchev–Trinajstić information content (AvgIpc) is 3.13. The number of aromatic nitrogens is 1. The van der Waals surface area contributed by atoms with Crippen molar-refractivity contribution in [2.45, 2.75) is 13.5 Å². The maximum Gasteiger partial charge on any atom is 0.279 e. The minimum absolute atomic E-state index is 0.0434. The third-order valence-electron chi connectivity index (χ3n) is 4.33. The van der Waals surface area contributed by atoms with Gasteiger partial charge in [0.15, 0.2) is 3.95 Å². The van der Waals surface area contributed by atoms with E-state index in [1.807, 2.05) is 19.1 Å². The summed E-state index contributed by atoms with van der Waals surface area (Å²) in [7, 11) is 0. The molecule has 142 valence electrons. The van der Waals surface area contributed by atoms with E-state index >= 15 is 0 Å². The monoisotopic (exact) mass is 430 g/mol. The molecule has 1 aliphatic rings. The third-order valence-corrected chi connectivity index (χ3v) is 6.04. The zero-order valence-electron chi connectivity index (χ0n) is 14.8. The number of nitrogens with zero attached hydrogens (tertiary/aromatic N) is 2. The fraction of sp³-hybridized carbons (Fsp3) is 0.150. The van der Waals surface area contributed by atoms with Crippen molar-refractivity contribution >= 4 is 46.6 Å². The Morgan fingerprint density at radius 1 is 1.25 bits per heavy atom. The van der Waals surface area contributed by atoms with Gasteiger partial charge in [-0.1, -0.05) is 23.7 Å². The van der Waals surface area contributed by atoms with Crippen molar-refractivity contribution in [1.82, 2.24) is 4.57 Å². The van der Waals surface area contributed by atoms with Gasteiger partial charge in [0.2, 0.25) is 5.88 Å². The van der Waals surface area contributed by atoms with Gasteiger partial charge in [0.25, 0.3) is 5.91 Å². The van der Waals surface area contributed by atoms with Gasteiger partial charge in [-0.3, -0.25) is 9.36 Å². The molecule has 0 saturated heterocycles. The zero-order valence-corrected chi connectivity index (χ0v) is 17.2. The summed E-state index contributed by atoms with van der Waals surface area (Å²) in [6.07, 6.45) is 0. The lowest BCUT2D eigenvalue weighted by Crippen LogP contribution is -2.23. The molecule has 0 bridgehead atoms. The molecule has 0 fully saturated rings. The molecule has 1 aromatic heterocycles. The van der Waals surface area contributed by atoms with Crippen molar-refractivity contribution in [3.05, 3.63) is 72.5 Å². The summed E-state index contributed by atoms with van der Waals surface area (Å²) in [6.45, 7) is 2.78. The minimum Gasteiger partial charge on any atom is -0.494 e. The molecule has 0 spiro atoms. The number of amides is 1. The summed E-state index contributed by atoms with van der Waals surface area (Å²) in [6, 6.07) is 12.6. The van der Waals surface area contributed by atoms with Gasteiger partial charge in [0.1, 0.15) is 10.6 Å². The fourth-order valence-corrected chi connectivity index (χ4v) is 4.50. The Morgan fingerprint density at radius 3 is 2.71 bits per heavy atom. The van der Waals surface area contributed by atoms with Crippen LogP contribution >= 0.6 is 35.2 Å². The lowest BCUT2D eigenvalue weighted by molar-refractivity contribution is -0.112. The van der Waals surface area contributed by atoms with Crippen LogP contribution in [0.15, 0.2) is 47.5 Å². The zero-order chi connectivity index (χ0) is 19.8. The molecule has 0 saturated carbocycles. The third kappa shape index (κ3) is 3.37. The van der Waals surface area contributed by atoms with E-state index in [2.05, 4.69) is 4.99 Å². The SMILES string of the molecule is CCOc1ccc2c(c1)=C(c1sc(=S)n(Cc3ccc(Cl)cc3)c1O)C(=O)N=2. The summed E-state index contributed by atoms with van der Waals surface area (Å²) in [4.78, 5) is 17.1. The lowest BCUT2D eigenvalue weighted by atomic mass is 10.1. The highest BCUT2D eigenvalue weighted by Crippen LogP contribution is 2.33.